The molecule has 7 heteroatoms. The van der Waals surface area contributed by atoms with Crippen LogP contribution in [-0.4, -0.2) is 40.5 Å². The summed E-state index contributed by atoms with van der Waals surface area (Å²) in [6.07, 6.45) is 1.96. The lowest BCUT2D eigenvalue weighted by Gasteiger charge is -2.09. The van der Waals surface area contributed by atoms with Crippen LogP contribution < -0.4 is 15.2 Å². The Morgan fingerprint density at radius 2 is 2.23 bits per heavy atom. The van der Waals surface area contributed by atoms with Gasteiger partial charge in [0.25, 0.3) is 0 Å². The van der Waals surface area contributed by atoms with Crippen molar-refractivity contribution in [1.82, 2.24) is 9.55 Å². The average molecular weight is 355 g/mol. The molecule has 138 valence electrons. The number of ether oxygens (including phenoxy) is 2. The molecule has 0 atom stereocenters. The maximum Gasteiger partial charge on any atom is 0.177 e. The average Bonchev–Trinajstić information content (AvgIpc) is 2.91. The first kappa shape index (κ1) is 18.0. The molecular weight excluding hydrogens is 330 g/mol. The van der Waals surface area contributed by atoms with E-state index in [0.717, 1.165) is 22.9 Å². The highest BCUT2D eigenvalue weighted by Gasteiger charge is 2.21. The van der Waals surface area contributed by atoms with Gasteiger partial charge in [0.05, 0.1) is 24.6 Å². The second-order valence-electron chi connectivity index (χ2n) is 6.38. The fourth-order valence-electron chi connectivity index (χ4n) is 2.79. The molecule has 0 aliphatic carbocycles. The molecular formula is C19H25N5O2. The number of hydrogen-bond acceptors (Lipinski definition) is 4. The highest BCUT2D eigenvalue weighted by atomic mass is 16.5. The second kappa shape index (κ2) is 7.59. The Morgan fingerprint density at radius 1 is 1.42 bits per heavy atom. The Kier molecular flexibility index (Phi) is 5.25. The second-order valence-corrected chi connectivity index (χ2v) is 6.38. The summed E-state index contributed by atoms with van der Waals surface area (Å²) >= 11 is 0. The van der Waals surface area contributed by atoms with E-state index in [1.165, 1.54) is 0 Å². The first-order chi connectivity index (χ1) is 12.5. The number of imidazole rings is 1. The Bertz CT molecular complexity index is 848. The Hall–Kier alpha value is -2.83. The molecule has 0 fully saturated rings. The zero-order chi connectivity index (χ0) is 18.7. The van der Waals surface area contributed by atoms with Crippen molar-refractivity contribution in [2.75, 3.05) is 13.2 Å². The molecule has 1 aromatic heterocycles. The van der Waals surface area contributed by atoms with Crippen LogP contribution in [-0.2, 0) is 6.54 Å². The minimum absolute atomic E-state index is 0.0963. The molecule has 0 spiro atoms. The normalized spacial score (nSPS) is 14.5. The summed E-state index contributed by atoms with van der Waals surface area (Å²) in [5.74, 6) is 3.40. The number of aliphatic imine (C=N–C) groups is 2. The van der Waals surface area contributed by atoms with Crippen molar-refractivity contribution in [3.8, 4) is 22.9 Å². The molecule has 2 aromatic rings. The van der Waals surface area contributed by atoms with Gasteiger partial charge >= 0.3 is 0 Å². The molecule has 26 heavy (non-hydrogen) atoms. The van der Waals surface area contributed by atoms with Crippen molar-refractivity contribution in [3.63, 3.8) is 0 Å². The molecule has 2 heterocycles. The molecule has 3 rings (SSSR count). The van der Waals surface area contributed by atoms with E-state index in [1.54, 1.807) is 6.92 Å². The fraction of sp³-hybridized carbons (Fsp3) is 0.421. The molecule has 0 saturated heterocycles. The first-order valence-corrected chi connectivity index (χ1v) is 8.84. The predicted molar refractivity (Wildman–Crippen MR) is 103 cm³/mol. The molecule has 1 aliphatic rings. The van der Waals surface area contributed by atoms with Crippen LogP contribution in [0.25, 0.3) is 11.4 Å². The topological polar surface area (TPSA) is 87.0 Å². The van der Waals surface area contributed by atoms with E-state index < -0.39 is 0 Å². The van der Waals surface area contributed by atoms with Gasteiger partial charge in [-0.2, -0.15) is 0 Å². The van der Waals surface area contributed by atoms with Crippen LogP contribution in [0.3, 0.4) is 0 Å². The number of benzene rings is 1. The van der Waals surface area contributed by atoms with Gasteiger partial charge in [-0.05, 0) is 39.8 Å². The van der Waals surface area contributed by atoms with Gasteiger partial charge in [-0.15, -0.1) is 0 Å². The van der Waals surface area contributed by atoms with E-state index in [-0.39, 0.29) is 6.04 Å². The summed E-state index contributed by atoms with van der Waals surface area (Å²) in [5, 5.41) is 0. The Labute approximate surface area is 153 Å². The van der Waals surface area contributed by atoms with E-state index in [1.807, 2.05) is 45.2 Å². The largest absolute Gasteiger partial charge is 0.494 e. The summed E-state index contributed by atoms with van der Waals surface area (Å²) in [5.41, 5.74) is 7.41. The number of fused-ring (bicyclic) bond motifs is 3. The monoisotopic (exact) mass is 355 g/mol. The van der Waals surface area contributed by atoms with Gasteiger partial charge in [-0.25, -0.2) is 9.98 Å². The van der Waals surface area contributed by atoms with Crippen LogP contribution >= 0.6 is 0 Å². The van der Waals surface area contributed by atoms with Crippen molar-refractivity contribution in [3.05, 3.63) is 30.1 Å². The van der Waals surface area contributed by atoms with Crippen LogP contribution in [0.4, 0.5) is 0 Å². The first-order valence-electron chi connectivity index (χ1n) is 8.84. The number of hydrogen-bond donors (Lipinski definition) is 1. The maximum atomic E-state index is 5.89. The molecule has 1 aromatic carbocycles. The molecule has 0 bridgehead atoms. The van der Waals surface area contributed by atoms with Crippen molar-refractivity contribution < 1.29 is 9.47 Å². The summed E-state index contributed by atoms with van der Waals surface area (Å²) in [6, 6.07) is 5.92. The van der Waals surface area contributed by atoms with E-state index in [4.69, 9.17) is 20.2 Å². The van der Waals surface area contributed by atoms with E-state index >= 15 is 0 Å². The number of nitrogens with zero attached hydrogens (tertiary/aromatic N) is 4. The highest BCUT2D eigenvalue weighted by molar-refractivity contribution is 6.04. The lowest BCUT2D eigenvalue weighted by Crippen LogP contribution is -2.12. The van der Waals surface area contributed by atoms with Gasteiger partial charge in [0.15, 0.2) is 5.84 Å². The third kappa shape index (κ3) is 3.87. The third-order valence-corrected chi connectivity index (χ3v) is 3.76. The molecule has 0 radical (unpaired) electrons. The minimum atomic E-state index is 0.0963. The van der Waals surface area contributed by atoms with Gasteiger partial charge < -0.3 is 19.8 Å². The molecule has 0 unspecified atom stereocenters. The molecule has 7 nitrogen and oxygen atoms in total. The molecule has 2 N–H and O–H groups in total. The highest BCUT2D eigenvalue weighted by Crippen LogP contribution is 2.35. The maximum absolute atomic E-state index is 5.89. The SMILES string of the molecule is CCOc1ccc2c(c1)OCCn1cc(C(N=C(C)N)=NC(C)C)nc1-2. The summed E-state index contributed by atoms with van der Waals surface area (Å²) < 4.78 is 13.5. The summed E-state index contributed by atoms with van der Waals surface area (Å²) in [7, 11) is 0. The lowest BCUT2D eigenvalue weighted by molar-refractivity contribution is 0.301. The van der Waals surface area contributed by atoms with Gasteiger partial charge in [0.1, 0.15) is 29.6 Å². The molecule has 0 saturated carbocycles. The van der Waals surface area contributed by atoms with Crippen LogP contribution in [0.15, 0.2) is 34.4 Å². The Balaban J connectivity index is 2.07. The smallest absolute Gasteiger partial charge is 0.177 e. The van der Waals surface area contributed by atoms with E-state index in [0.29, 0.717) is 37.1 Å². The number of rotatable bonds is 4. The number of amidine groups is 2. The van der Waals surface area contributed by atoms with Crippen molar-refractivity contribution in [2.24, 2.45) is 15.7 Å². The summed E-state index contributed by atoms with van der Waals surface area (Å²) in [6.45, 7) is 9.57. The van der Waals surface area contributed by atoms with Crippen molar-refractivity contribution >= 4 is 11.7 Å². The lowest BCUT2D eigenvalue weighted by atomic mass is 10.2. The van der Waals surface area contributed by atoms with Crippen molar-refractivity contribution in [2.45, 2.75) is 40.3 Å². The number of nitrogens with two attached hydrogens (primary N) is 1. The molecule has 1 aliphatic heterocycles. The standard InChI is InChI=1S/C19H25N5O2/c1-5-25-14-6-7-15-17(10-14)26-9-8-24-11-16(23-19(15)24)18(21-12(2)3)22-13(4)20/h6-7,10-12H,5,8-9H2,1-4H3,(H2,20,21,22). The van der Waals surface area contributed by atoms with Gasteiger partial charge in [0.2, 0.25) is 0 Å². The van der Waals surface area contributed by atoms with Crippen LogP contribution in [0, 0.1) is 0 Å². The third-order valence-electron chi connectivity index (χ3n) is 3.76. The van der Waals surface area contributed by atoms with Crippen LogP contribution in [0.1, 0.15) is 33.4 Å². The molecule has 0 amide bonds. The van der Waals surface area contributed by atoms with E-state index in [9.17, 15) is 0 Å². The zero-order valence-corrected chi connectivity index (χ0v) is 15.7. The number of aromatic nitrogens is 2. The fourth-order valence-corrected chi connectivity index (χ4v) is 2.79. The van der Waals surface area contributed by atoms with Crippen molar-refractivity contribution in [1.29, 1.82) is 0 Å². The van der Waals surface area contributed by atoms with Gasteiger partial charge in [0, 0.05) is 18.3 Å². The zero-order valence-electron chi connectivity index (χ0n) is 15.7. The minimum Gasteiger partial charge on any atom is -0.494 e. The van der Waals surface area contributed by atoms with Gasteiger partial charge in [-0.1, -0.05) is 0 Å². The predicted octanol–water partition coefficient (Wildman–Crippen LogP) is 2.87. The van der Waals surface area contributed by atoms with E-state index in [2.05, 4.69) is 14.6 Å². The quantitative estimate of drug-likeness (QED) is 0.675. The Morgan fingerprint density at radius 3 is 2.92 bits per heavy atom. The van der Waals surface area contributed by atoms with Crippen LogP contribution in [0.2, 0.25) is 0 Å². The summed E-state index contributed by atoms with van der Waals surface area (Å²) in [4.78, 5) is 13.7. The van der Waals surface area contributed by atoms with Gasteiger partial charge in [-0.3, -0.25) is 4.99 Å². The van der Waals surface area contributed by atoms with Crippen LogP contribution in [0.5, 0.6) is 11.5 Å².